The summed E-state index contributed by atoms with van der Waals surface area (Å²) in [6.45, 7) is 4.69. The van der Waals surface area contributed by atoms with E-state index in [4.69, 9.17) is 0 Å². The number of halogens is 2. The van der Waals surface area contributed by atoms with E-state index in [1.54, 1.807) is 4.90 Å². The Morgan fingerprint density at radius 2 is 2.10 bits per heavy atom. The normalized spacial score (nSPS) is 16.4. The van der Waals surface area contributed by atoms with Crippen LogP contribution in [0.5, 0.6) is 0 Å². The molecule has 156 valence electrons. The van der Waals surface area contributed by atoms with Crippen LogP contribution in [0.4, 0.5) is 14.7 Å². The summed E-state index contributed by atoms with van der Waals surface area (Å²) in [5.74, 6) is -0.286. The predicted octanol–water partition coefficient (Wildman–Crippen LogP) is 4.46. The fourth-order valence-corrected chi connectivity index (χ4v) is 4.51. The Hall–Kier alpha value is -3.07. The van der Waals surface area contributed by atoms with Crippen molar-refractivity contribution in [3.63, 3.8) is 0 Å². The van der Waals surface area contributed by atoms with E-state index >= 15 is 0 Å². The van der Waals surface area contributed by atoms with Crippen molar-refractivity contribution in [3.8, 4) is 0 Å². The number of aromatic nitrogens is 2. The van der Waals surface area contributed by atoms with Crippen molar-refractivity contribution in [2.45, 2.75) is 31.9 Å². The molecule has 1 aliphatic heterocycles. The van der Waals surface area contributed by atoms with Crippen LogP contribution in [-0.4, -0.2) is 38.9 Å². The number of benzene rings is 1. The van der Waals surface area contributed by atoms with Gasteiger partial charge in [0.1, 0.15) is 0 Å². The average Bonchev–Trinajstić information content (AvgIpc) is 3.47. The fraction of sp³-hybridized carbons (Fsp3) is 0.286. The van der Waals surface area contributed by atoms with Crippen LogP contribution in [0.25, 0.3) is 11.0 Å². The van der Waals surface area contributed by atoms with Crippen molar-refractivity contribution in [3.05, 3.63) is 58.8 Å². The largest absolute Gasteiger partial charge is 0.334 e. The molecule has 1 saturated heterocycles. The number of hydrogen-bond acceptors (Lipinski definition) is 4. The zero-order valence-electron chi connectivity index (χ0n) is 16.1. The molecule has 1 fully saturated rings. The van der Waals surface area contributed by atoms with Crippen molar-refractivity contribution in [2.75, 3.05) is 11.9 Å². The van der Waals surface area contributed by atoms with Gasteiger partial charge in [-0.1, -0.05) is 18.7 Å². The number of imidazole rings is 1. The molecule has 4 rings (SSSR count). The topological polar surface area (TPSA) is 67.2 Å². The summed E-state index contributed by atoms with van der Waals surface area (Å²) in [6, 6.07) is 10.1. The van der Waals surface area contributed by atoms with Crippen LogP contribution >= 0.6 is 11.3 Å². The SMILES string of the molecule is C=CC(=O)N1CCC[C@@H]1Cn1c(NC(=O)c2ccc(C(F)F)s2)nc2ccccc21. The van der Waals surface area contributed by atoms with Gasteiger partial charge in [-0.25, -0.2) is 13.8 Å². The summed E-state index contributed by atoms with van der Waals surface area (Å²) >= 11 is 0.758. The number of amides is 2. The van der Waals surface area contributed by atoms with E-state index in [9.17, 15) is 18.4 Å². The minimum Gasteiger partial charge on any atom is -0.334 e. The molecular formula is C21H20F2N4O2S. The van der Waals surface area contributed by atoms with Crippen LogP contribution < -0.4 is 5.32 Å². The Kier molecular flexibility index (Phi) is 5.63. The highest BCUT2D eigenvalue weighted by Gasteiger charge is 2.29. The molecule has 9 heteroatoms. The molecule has 3 heterocycles. The highest BCUT2D eigenvalue weighted by molar-refractivity contribution is 7.14. The Labute approximate surface area is 175 Å². The molecule has 2 amide bonds. The number of alkyl halides is 2. The highest BCUT2D eigenvalue weighted by Crippen LogP contribution is 2.29. The van der Waals surface area contributed by atoms with Gasteiger partial charge in [0.25, 0.3) is 12.3 Å². The summed E-state index contributed by atoms with van der Waals surface area (Å²) in [5, 5.41) is 2.76. The molecule has 1 N–H and O–H groups in total. The second kappa shape index (κ2) is 8.35. The number of rotatable bonds is 6. The highest BCUT2D eigenvalue weighted by atomic mass is 32.1. The lowest BCUT2D eigenvalue weighted by Gasteiger charge is -2.24. The Bertz CT molecular complexity index is 1110. The Balaban J connectivity index is 1.64. The van der Waals surface area contributed by atoms with Crippen LogP contribution in [0.3, 0.4) is 0 Å². The van der Waals surface area contributed by atoms with Crippen molar-refractivity contribution in [2.24, 2.45) is 0 Å². The zero-order chi connectivity index (χ0) is 21.3. The van der Waals surface area contributed by atoms with Crippen LogP contribution in [0.15, 0.2) is 49.1 Å². The number of nitrogens with one attached hydrogen (secondary N) is 1. The van der Waals surface area contributed by atoms with Gasteiger partial charge in [0.05, 0.1) is 26.8 Å². The minimum atomic E-state index is -2.61. The molecule has 0 unspecified atom stereocenters. The molecule has 0 spiro atoms. The first-order valence-corrected chi connectivity index (χ1v) is 10.4. The van der Waals surface area contributed by atoms with E-state index in [0.717, 1.165) is 29.7 Å². The van der Waals surface area contributed by atoms with E-state index in [2.05, 4.69) is 16.9 Å². The third-order valence-electron chi connectivity index (χ3n) is 5.17. The quantitative estimate of drug-likeness (QED) is 0.587. The summed E-state index contributed by atoms with van der Waals surface area (Å²) in [6.07, 6.45) is 0.424. The average molecular weight is 430 g/mol. The molecule has 0 bridgehead atoms. The van der Waals surface area contributed by atoms with Crippen molar-refractivity contribution >= 4 is 40.1 Å². The molecule has 1 atom stereocenters. The van der Waals surface area contributed by atoms with Crippen molar-refractivity contribution in [1.29, 1.82) is 0 Å². The standard InChI is InChI=1S/C21H20F2N4O2S/c1-2-18(28)26-11-5-6-13(26)12-27-15-8-4-3-7-14(15)24-21(27)25-20(29)17-10-9-16(30-17)19(22)23/h2-4,7-10,13,19H,1,5-6,11-12H2,(H,24,25,29)/t13-/m1/s1. The maximum absolute atomic E-state index is 12.9. The Morgan fingerprint density at radius 3 is 2.83 bits per heavy atom. The van der Waals surface area contributed by atoms with Gasteiger partial charge in [-0.15, -0.1) is 11.3 Å². The van der Waals surface area contributed by atoms with E-state index in [1.165, 1.54) is 18.2 Å². The van der Waals surface area contributed by atoms with Gasteiger partial charge >= 0.3 is 0 Å². The first-order valence-electron chi connectivity index (χ1n) is 9.55. The number of thiophene rings is 1. The molecule has 2 aromatic heterocycles. The number of anilines is 1. The first-order chi connectivity index (χ1) is 14.5. The maximum atomic E-state index is 12.9. The first kappa shape index (κ1) is 20.2. The van der Waals surface area contributed by atoms with E-state index in [0.29, 0.717) is 24.6 Å². The molecule has 30 heavy (non-hydrogen) atoms. The van der Waals surface area contributed by atoms with Crippen LogP contribution in [0.1, 0.15) is 33.8 Å². The maximum Gasteiger partial charge on any atom is 0.272 e. The van der Waals surface area contributed by atoms with Crippen molar-refractivity contribution in [1.82, 2.24) is 14.5 Å². The second-order valence-electron chi connectivity index (χ2n) is 7.02. The minimum absolute atomic E-state index is 0.0454. The molecule has 0 aliphatic carbocycles. The number of likely N-dealkylation sites (tertiary alicyclic amines) is 1. The van der Waals surface area contributed by atoms with Crippen LogP contribution in [-0.2, 0) is 11.3 Å². The molecule has 1 aliphatic rings. The van der Waals surface area contributed by atoms with Gasteiger partial charge in [0.15, 0.2) is 0 Å². The summed E-state index contributed by atoms with van der Waals surface area (Å²) < 4.78 is 27.6. The van der Waals surface area contributed by atoms with Gasteiger partial charge in [-0.2, -0.15) is 0 Å². The third-order valence-corrected chi connectivity index (χ3v) is 6.27. The number of para-hydroxylation sites is 2. The number of nitrogens with zero attached hydrogens (tertiary/aromatic N) is 3. The second-order valence-corrected chi connectivity index (χ2v) is 8.14. The number of fused-ring (bicyclic) bond motifs is 1. The van der Waals surface area contributed by atoms with Crippen LogP contribution in [0, 0.1) is 0 Å². The lowest BCUT2D eigenvalue weighted by molar-refractivity contribution is -0.126. The molecule has 0 radical (unpaired) electrons. The lowest BCUT2D eigenvalue weighted by atomic mass is 10.2. The van der Waals surface area contributed by atoms with E-state index in [1.807, 2.05) is 28.8 Å². The third kappa shape index (κ3) is 3.85. The fourth-order valence-electron chi connectivity index (χ4n) is 3.75. The van der Waals surface area contributed by atoms with Gasteiger partial charge in [0.2, 0.25) is 11.9 Å². The van der Waals surface area contributed by atoms with Gasteiger partial charge < -0.3 is 9.47 Å². The molecule has 3 aromatic rings. The number of carbonyl (C=O) groups is 2. The molecular weight excluding hydrogens is 410 g/mol. The number of carbonyl (C=O) groups excluding carboxylic acids is 2. The lowest BCUT2D eigenvalue weighted by Crippen LogP contribution is -2.37. The zero-order valence-corrected chi connectivity index (χ0v) is 16.9. The predicted molar refractivity (Wildman–Crippen MR) is 112 cm³/mol. The van der Waals surface area contributed by atoms with E-state index in [-0.39, 0.29) is 21.7 Å². The smallest absolute Gasteiger partial charge is 0.272 e. The van der Waals surface area contributed by atoms with Crippen molar-refractivity contribution < 1.29 is 18.4 Å². The Morgan fingerprint density at radius 1 is 1.30 bits per heavy atom. The molecule has 6 nitrogen and oxygen atoms in total. The molecule has 1 aromatic carbocycles. The van der Waals surface area contributed by atoms with Gasteiger partial charge in [-0.05, 0) is 43.2 Å². The monoisotopic (exact) mass is 430 g/mol. The summed E-state index contributed by atoms with van der Waals surface area (Å²) in [5.41, 5.74) is 1.52. The summed E-state index contributed by atoms with van der Waals surface area (Å²) in [7, 11) is 0. The molecule has 0 saturated carbocycles. The van der Waals surface area contributed by atoms with Crippen LogP contribution in [0.2, 0.25) is 0 Å². The van der Waals surface area contributed by atoms with Gasteiger partial charge in [-0.3, -0.25) is 14.9 Å². The van der Waals surface area contributed by atoms with E-state index < -0.39 is 12.3 Å². The van der Waals surface area contributed by atoms with Gasteiger partial charge in [0, 0.05) is 13.1 Å². The summed E-state index contributed by atoms with van der Waals surface area (Å²) in [4.78, 5) is 31.2. The number of hydrogen-bond donors (Lipinski definition) is 1.